The van der Waals surface area contributed by atoms with Gasteiger partial charge in [-0.2, -0.15) is 0 Å². The van der Waals surface area contributed by atoms with E-state index in [1.54, 1.807) is 13.8 Å². The number of alkyl halides is 2. The fraction of sp³-hybridized carbons (Fsp3) is 0.680. The minimum absolute atomic E-state index is 0.0392. The first-order valence-corrected chi connectivity index (χ1v) is 12.1. The van der Waals surface area contributed by atoms with Gasteiger partial charge in [0.25, 0.3) is 0 Å². The van der Waals surface area contributed by atoms with Crippen molar-refractivity contribution in [3.8, 4) is 0 Å². The molecule has 0 unspecified atom stereocenters. The largest absolute Gasteiger partial charge is 0.503 e. The van der Waals surface area contributed by atoms with E-state index in [1.165, 1.54) is 6.92 Å². The number of hydrogen-bond acceptors (Lipinski definition) is 6. The van der Waals surface area contributed by atoms with Crippen LogP contribution >= 0.6 is 11.6 Å². The summed E-state index contributed by atoms with van der Waals surface area (Å²) in [6.45, 7) is 5.59. The van der Waals surface area contributed by atoms with Crippen LogP contribution in [-0.2, 0) is 19.2 Å². The van der Waals surface area contributed by atoms with Gasteiger partial charge in [-0.25, -0.2) is 8.78 Å². The number of allylic oxidation sites excluding steroid dienone is 3. The number of carbonyl (C=O) groups excluding carboxylic acids is 3. The molecule has 192 valence electrons. The second-order valence-corrected chi connectivity index (χ2v) is 11.5. The quantitative estimate of drug-likeness (QED) is 0.470. The number of carboxylic acids is 1. The Labute approximate surface area is 206 Å². The molecule has 0 heterocycles. The van der Waals surface area contributed by atoms with E-state index in [9.17, 15) is 34.5 Å². The van der Waals surface area contributed by atoms with Gasteiger partial charge in [0.1, 0.15) is 11.8 Å². The number of halogens is 3. The molecular formula is C25H29ClF2O7. The third-order valence-corrected chi connectivity index (χ3v) is 10.4. The average molecular weight is 515 g/mol. The van der Waals surface area contributed by atoms with E-state index >= 15 is 8.78 Å². The molecule has 3 fully saturated rings. The number of ketones is 3. The monoisotopic (exact) mass is 514 g/mol. The minimum atomic E-state index is -2.39. The molecule has 0 aromatic heterocycles. The number of carbonyl (C=O) groups is 4. The molecule has 35 heavy (non-hydrogen) atoms. The number of carboxylic acid groups (broad SMARTS) is 1. The van der Waals surface area contributed by atoms with Crippen LogP contribution in [0.1, 0.15) is 59.8 Å². The summed E-state index contributed by atoms with van der Waals surface area (Å²) in [5.41, 5.74) is -7.75. The molecule has 0 aliphatic heterocycles. The normalized spacial score (nSPS) is 45.1. The fourth-order valence-corrected chi connectivity index (χ4v) is 8.68. The van der Waals surface area contributed by atoms with E-state index in [4.69, 9.17) is 11.6 Å². The van der Waals surface area contributed by atoms with Crippen molar-refractivity contribution in [1.82, 2.24) is 0 Å². The summed E-state index contributed by atoms with van der Waals surface area (Å²) in [6.07, 6.45) is -3.16. The minimum Gasteiger partial charge on any atom is -0.503 e. The lowest BCUT2D eigenvalue weighted by molar-refractivity contribution is -0.181. The molecule has 3 N–H and O–H groups in total. The zero-order valence-electron chi connectivity index (χ0n) is 20.0. The summed E-state index contributed by atoms with van der Waals surface area (Å²) in [6, 6.07) is 0. The predicted molar refractivity (Wildman–Crippen MR) is 120 cm³/mol. The molecule has 0 saturated heterocycles. The van der Waals surface area contributed by atoms with Crippen molar-refractivity contribution < 1.29 is 43.3 Å². The molecule has 4 rings (SSSR count). The van der Waals surface area contributed by atoms with Crippen molar-refractivity contribution in [2.24, 2.45) is 34.0 Å². The van der Waals surface area contributed by atoms with Gasteiger partial charge in [0.2, 0.25) is 17.3 Å². The van der Waals surface area contributed by atoms with Crippen molar-refractivity contribution in [2.75, 3.05) is 0 Å². The summed E-state index contributed by atoms with van der Waals surface area (Å²) in [5, 5.41) is 29.4. The third kappa shape index (κ3) is 2.82. The summed E-state index contributed by atoms with van der Waals surface area (Å²) in [4.78, 5) is 50.7. The van der Waals surface area contributed by atoms with Crippen LogP contribution in [0.15, 0.2) is 22.1 Å². The van der Waals surface area contributed by atoms with E-state index in [0.29, 0.717) is 0 Å². The average Bonchev–Trinajstić information content (AvgIpc) is 2.99. The van der Waals surface area contributed by atoms with Crippen LogP contribution in [-0.4, -0.2) is 50.5 Å². The Kier molecular flexibility index (Phi) is 5.60. The first-order valence-electron chi connectivity index (χ1n) is 11.7. The van der Waals surface area contributed by atoms with Gasteiger partial charge in [0, 0.05) is 18.4 Å². The van der Waals surface area contributed by atoms with Gasteiger partial charge in [0.05, 0.1) is 22.3 Å². The van der Waals surface area contributed by atoms with Gasteiger partial charge in [-0.1, -0.05) is 25.4 Å². The molecule has 0 aromatic carbocycles. The molecule has 0 bridgehead atoms. The summed E-state index contributed by atoms with van der Waals surface area (Å²) >= 11 is 6.12. The SMILES string of the molecule is CC(=O)C(=O)[C@@]1(CC(=O)O)[C@H](C)C[C@H]2[C@@H]3C[C@H](F)C4=C(Cl)C(O)=C(O)C(=O)[C@]4(C)[C@@]3(F)CC[C@@]21C. The summed E-state index contributed by atoms with van der Waals surface area (Å²) in [5.74, 6) is -8.63. The van der Waals surface area contributed by atoms with Crippen LogP contribution in [0.2, 0.25) is 0 Å². The van der Waals surface area contributed by atoms with Gasteiger partial charge >= 0.3 is 5.97 Å². The summed E-state index contributed by atoms with van der Waals surface area (Å²) < 4.78 is 33.0. The van der Waals surface area contributed by atoms with E-state index in [2.05, 4.69) is 0 Å². The molecule has 4 aliphatic rings. The molecular weight excluding hydrogens is 486 g/mol. The Morgan fingerprint density at radius 1 is 1.09 bits per heavy atom. The highest BCUT2D eigenvalue weighted by Crippen LogP contribution is 2.74. The number of Topliss-reactive ketones (excluding diaryl/α,β-unsaturated/α-hetero) is 3. The number of fused-ring (bicyclic) bond motifs is 5. The van der Waals surface area contributed by atoms with E-state index < -0.39 is 104 Å². The van der Waals surface area contributed by atoms with E-state index in [1.807, 2.05) is 0 Å². The topological polar surface area (TPSA) is 129 Å². The van der Waals surface area contributed by atoms with Crippen LogP contribution in [0.5, 0.6) is 0 Å². The highest BCUT2D eigenvalue weighted by atomic mass is 35.5. The van der Waals surface area contributed by atoms with Gasteiger partial charge in [0.15, 0.2) is 11.5 Å². The van der Waals surface area contributed by atoms with E-state index in [-0.39, 0.29) is 19.3 Å². The first kappa shape index (κ1) is 25.8. The molecule has 4 aliphatic carbocycles. The molecule has 0 amide bonds. The third-order valence-electron chi connectivity index (χ3n) is 10.0. The number of rotatable bonds is 4. The standard InChI is InChI=1S/C25H29ClF2O7/c1-10-7-12-13-8-14(27)16-17(26)18(32)19(33)21(35)23(16,4)25(13,28)6-5-22(12,3)24(10,9-15(30)31)20(34)11(2)29/h10,12-14,32-33H,5-9H2,1-4H3,(H,30,31)/t10-,12+,13+,14+,22+,23-,24-,25-/m1/s1. The molecule has 0 radical (unpaired) electrons. The Morgan fingerprint density at radius 3 is 2.23 bits per heavy atom. The van der Waals surface area contributed by atoms with Crippen LogP contribution in [0.4, 0.5) is 8.78 Å². The molecule has 10 heteroatoms. The molecule has 7 nitrogen and oxygen atoms in total. The Balaban J connectivity index is 1.91. The van der Waals surface area contributed by atoms with Gasteiger partial charge in [-0.05, 0) is 49.9 Å². The molecule has 3 saturated carbocycles. The fourth-order valence-electron chi connectivity index (χ4n) is 8.28. The zero-order valence-corrected chi connectivity index (χ0v) is 20.7. The molecule has 8 atom stereocenters. The highest BCUT2D eigenvalue weighted by molar-refractivity contribution is 6.39. The number of hydrogen-bond donors (Lipinski definition) is 3. The van der Waals surface area contributed by atoms with Crippen molar-refractivity contribution in [1.29, 1.82) is 0 Å². The van der Waals surface area contributed by atoms with Gasteiger partial charge in [-0.15, -0.1) is 0 Å². The number of aliphatic hydroxyl groups is 2. The Bertz CT molecular complexity index is 1130. The Hall–Kier alpha value is -2.29. The zero-order chi connectivity index (χ0) is 26.5. The molecule has 0 spiro atoms. The van der Waals surface area contributed by atoms with Crippen LogP contribution in [0, 0.1) is 34.0 Å². The number of aliphatic hydroxyl groups excluding tert-OH is 2. The van der Waals surface area contributed by atoms with Crippen LogP contribution in [0.25, 0.3) is 0 Å². The smallest absolute Gasteiger partial charge is 0.304 e. The van der Waals surface area contributed by atoms with Crippen molar-refractivity contribution in [3.05, 3.63) is 22.1 Å². The van der Waals surface area contributed by atoms with Crippen LogP contribution < -0.4 is 0 Å². The Morgan fingerprint density at radius 2 is 1.69 bits per heavy atom. The second-order valence-electron chi connectivity index (χ2n) is 11.1. The van der Waals surface area contributed by atoms with Gasteiger partial charge < -0.3 is 15.3 Å². The van der Waals surface area contributed by atoms with Crippen molar-refractivity contribution in [3.63, 3.8) is 0 Å². The van der Waals surface area contributed by atoms with Crippen molar-refractivity contribution >= 4 is 34.9 Å². The maximum atomic E-state index is 17.3. The maximum Gasteiger partial charge on any atom is 0.304 e. The lowest BCUT2D eigenvalue weighted by atomic mass is 9.42. The van der Waals surface area contributed by atoms with Gasteiger partial charge in [-0.3, -0.25) is 19.2 Å². The number of aliphatic carboxylic acids is 1. The van der Waals surface area contributed by atoms with E-state index in [0.717, 1.165) is 6.92 Å². The van der Waals surface area contributed by atoms with Crippen molar-refractivity contribution in [2.45, 2.75) is 71.6 Å². The first-order chi connectivity index (χ1) is 16.0. The lowest BCUT2D eigenvalue weighted by Crippen LogP contribution is -2.67. The predicted octanol–water partition coefficient (Wildman–Crippen LogP) is 4.54. The maximum absolute atomic E-state index is 17.3. The second kappa shape index (κ2) is 7.60. The molecule has 0 aromatic rings. The lowest BCUT2D eigenvalue weighted by Gasteiger charge is -2.62. The highest BCUT2D eigenvalue weighted by Gasteiger charge is 2.76. The van der Waals surface area contributed by atoms with Crippen LogP contribution in [0.3, 0.4) is 0 Å². The summed E-state index contributed by atoms with van der Waals surface area (Å²) in [7, 11) is 0.